The minimum absolute atomic E-state index is 0.0701. The van der Waals surface area contributed by atoms with Crippen molar-refractivity contribution in [1.82, 2.24) is 20.0 Å². The molecule has 1 N–H and O–H groups in total. The lowest BCUT2D eigenvalue weighted by Gasteiger charge is -2.48. The number of carbonyl (C=O) groups is 1. The Morgan fingerprint density at radius 3 is 2.68 bits per heavy atom. The van der Waals surface area contributed by atoms with Gasteiger partial charge in [0.15, 0.2) is 0 Å². The molecule has 1 spiro atoms. The van der Waals surface area contributed by atoms with E-state index in [1.165, 1.54) is 0 Å². The highest BCUT2D eigenvalue weighted by molar-refractivity contribution is 5.94. The highest BCUT2D eigenvalue weighted by Gasteiger charge is 2.43. The zero-order valence-corrected chi connectivity index (χ0v) is 17.2. The Balaban J connectivity index is 1.27. The standard InChI is InChI=1S/C23H25N5O3/c29-19-13-23(16-28(15-19)21(30)18-7-4-10-24-14-18)8-11-27(12-9-23)22-25-20(31-26-22)17-5-2-1-3-6-17/h1-7,10,14,19,29H,8-9,11-13,15-16H2. The monoisotopic (exact) mass is 419 g/mol. The normalized spacial score (nSPS) is 20.7. The van der Waals surface area contributed by atoms with E-state index in [0.29, 0.717) is 36.9 Å². The second kappa shape index (κ2) is 8.11. The molecule has 0 bridgehead atoms. The SMILES string of the molecule is O=C(c1cccnc1)N1CC(O)CC2(CCN(c3noc(-c4ccccc4)n3)CC2)C1. The van der Waals surface area contributed by atoms with E-state index >= 15 is 0 Å². The van der Waals surface area contributed by atoms with Crippen molar-refractivity contribution in [1.29, 1.82) is 0 Å². The smallest absolute Gasteiger partial charge is 0.266 e. The molecule has 1 aromatic carbocycles. The molecule has 8 nitrogen and oxygen atoms in total. The number of likely N-dealkylation sites (tertiary alicyclic amines) is 1. The van der Waals surface area contributed by atoms with Gasteiger partial charge in [-0.3, -0.25) is 9.78 Å². The molecule has 0 saturated carbocycles. The van der Waals surface area contributed by atoms with Crippen LogP contribution in [0.15, 0.2) is 59.4 Å². The van der Waals surface area contributed by atoms with Gasteiger partial charge in [-0.1, -0.05) is 18.2 Å². The second-order valence-corrected chi connectivity index (χ2v) is 8.54. The van der Waals surface area contributed by atoms with Crippen LogP contribution in [0.3, 0.4) is 0 Å². The van der Waals surface area contributed by atoms with Crippen molar-refractivity contribution in [2.24, 2.45) is 5.41 Å². The van der Waals surface area contributed by atoms with Crippen LogP contribution in [0.1, 0.15) is 29.6 Å². The summed E-state index contributed by atoms with van der Waals surface area (Å²) >= 11 is 0. The van der Waals surface area contributed by atoms with Gasteiger partial charge >= 0.3 is 0 Å². The maximum absolute atomic E-state index is 12.9. The van der Waals surface area contributed by atoms with E-state index in [4.69, 9.17) is 4.52 Å². The van der Waals surface area contributed by atoms with Crippen molar-refractivity contribution in [2.75, 3.05) is 31.1 Å². The van der Waals surface area contributed by atoms with Crippen LogP contribution in [0.25, 0.3) is 11.5 Å². The number of aliphatic hydroxyl groups excluding tert-OH is 1. The summed E-state index contributed by atoms with van der Waals surface area (Å²) in [5.41, 5.74) is 1.36. The average Bonchev–Trinajstić information content (AvgIpc) is 3.30. The number of hydrogen-bond donors (Lipinski definition) is 1. The summed E-state index contributed by atoms with van der Waals surface area (Å²) in [4.78, 5) is 25.4. The van der Waals surface area contributed by atoms with Crippen LogP contribution in [-0.2, 0) is 0 Å². The summed E-state index contributed by atoms with van der Waals surface area (Å²) in [6, 6.07) is 13.3. The lowest BCUT2D eigenvalue weighted by molar-refractivity contribution is -0.0151. The van der Waals surface area contributed by atoms with E-state index in [2.05, 4.69) is 20.0 Å². The Morgan fingerprint density at radius 2 is 1.94 bits per heavy atom. The third-order valence-electron chi connectivity index (χ3n) is 6.36. The molecule has 0 aliphatic carbocycles. The molecule has 3 aromatic rings. The molecule has 2 fully saturated rings. The van der Waals surface area contributed by atoms with Crippen LogP contribution in [0.4, 0.5) is 5.95 Å². The van der Waals surface area contributed by atoms with Gasteiger partial charge in [0.2, 0.25) is 0 Å². The van der Waals surface area contributed by atoms with E-state index in [-0.39, 0.29) is 11.3 Å². The Kier molecular flexibility index (Phi) is 5.15. The van der Waals surface area contributed by atoms with Gasteiger partial charge in [0.1, 0.15) is 0 Å². The van der Waals surface area contributed by atoms with Crippen LogP contribution in [0, 0.1) is 5.41 Å². The molecule has 2 aromatic heterocycles. The number of pyridine rings is 1. The number of β-amino-alcohol motifs (C(OH)–C–C–N with tert-alkyl or cyclic N) is 1. The molecule has 1 amide bonds. The number of carbonyl (C=O) groups excluding carboxylic acids is 1. The Hall–Kier alpha value is -3.26. The molecule has 0 radical (unpaired) electrons. The Labute approximate surface area is 180 Å². The van der Waals surface area contributed by atoms with Crippen molar-refractivity contribution in [2.45, 2.75) is 25.4 Å². The molecular weight excluding hydrogens is 394 g/mol. The van der Waals surface area contributed by atoms with Crippen molar-refractivity contribution >= 4 is 11.9 Å². The number of amides is 1. The quantitative estimate of drug-likeness (QED) is 0.697. The zero-order chi connectivity index (χ0) is 21.3. The topological polar surface area (TPSA) is 95.6 Å². The molecule has 2 aliphatic heterocycles. The largest absolute Gasteiger partial charge is 0.391 e. The van der Waals surface area contributed by atoms with Gasteiger partial charge in [0, 0.05) is 44.1 Å². The van der Waals surface area contributed by atoms with Gasteiger partial charge in [0.25, 0.3) is 17.7 Å². The van der Waals surface area contributed by atoms with Crippen LogP contribution in [-0.4, -0.2) is 63.3 Å². The molecule has 2 aliphatic rings. The van der Waals surface area contributed by atoms with Gasteiger partial charge in [-0.15, -0.1) is 0 Å². The van der Waals surface area contributed by atoms with Crippen molar-refractivity contribution in [3.8, 4) is 11.5 Å². The minimum atomic E-state index is -0.518. The number of hydrogen-bond acceptors (Lipinski definition) is 7. The lowest BCUT2D eigenvalue weighted by Crippen LogP contribution is -2.55. The summed E-state index contributed by atoms with van der Waals surface area (Å²) < 4.78 is 5.45. The van der Waals surface area contributed by atoms with Gasteiger partial charge in [-0.05, 0) is 54.1 Å². The summed E-state index contributed by atoms with van der Waals surface area (Å²) in [5, 5.41) is 14.7. The molecule has 1 unspecified atom stereocenters. The fourth-order valence-electron chi connectivity index (χ4n) is 4.76. The first-order chi connectivity index (χ1) is 15.1. The lowest BCUT2D eigenvalue weighted by atomic mass is 9.71. The summed E-state index contributed by atoms with van der Waals surface area (Å²) in [5.74, 6) is 1.03. The number of aliphatic hydroxyl groups is 1. The number of nitrogens with zero attached hydrogens (tertiary/aromatic N) is 5. The molecular formula is C23H25N5O3. The van der Waals surface area contributed by atoms with Crippen LogP contribution in [0.2, 0.25) is 0 Å². The number of aromatic nitrogens is 3. The average molecular weight is 419 g/mol. The third-order valence-corrected chi connectivity index (χ3v) is 6.36. The van der Waals surface area contributed by atoms with E-state index < -0.39 is 6.10 Å². The summed E-state index contributed by atoms with van der Waals surface area (Å²) in [6.45, 7) is 2.53. The molecule has 5 rings (SSSR count). The maximum Gasteiger partial charge on any atom is 0.266 e. The van der Waals surface area contributed by atoms with E-state index in [1.807, 2.05) is 30.3 Å². The third kappa shape index (κ3) is 4.03. The van der Waals surface area contributed by atoms with Gasteiger partial charge in [-0.25, -0.2) is 0 Å². The first kappa shape index (κ1) is 19.7. The summed E-state index contributed by atoms with van der Waals surface area (Å²) in [6.07, 6.45) is 5.14. The second-order valence-electron chi connectivity index (χ2n) is 8.54. The summed E-state index contributed by atoms with van der Waals surface area (Å²) in [7, 11) is 0. The fraction of sp³-hybridized carbons (Fsp3) is 0.391. The van der Waals surface area contributed by atoms with Crippen molar-refractivity contribution in [3.63, 3.8) is 0 Å². The Bertz CT molecular complexity index is 1030. The molecule has 2 saturated heterocycles. The number of anilines is 1. The van der Waals surface area contributed by atoms with E-state index in [0.717, 1.165) is 31.5 Å². The molecule has 4 heterocycles. The van der Waals surface area contributed by atoms with E-state index in [1.54, 1.807) is 29.4 Å². The van der Waals surface area contributed by atoms with Gasteiger partial charge in [-0.2, -0.15) is 4.98 Å². The Morgan fingerprint density at radius 1 is 1.13 bits per heavy atom. The first-order valence-electron chi connectivity index (χ1n) is 10.6. The molecule has 8 heteroatoms. The fourth-order valence-corrected chi connectivity index (χ4v) is 4.76. The van der Waals surface area contributed by atoms with Crippen LogP contribution >= 0.6 is 0 Å². The predicted octanol–water partition coefficient (Wildman–Crippen LogP) is 2.63. The predicted molar refractivity (Wildman–Crippen MR) is 114 cm³/mol. The number of benzene rings is 1. The first-order valence-corrected chi connectivity index (χ1v) is 10.6. The van der Waals surface area contributed by atoms with Crippen molar-refractivity contribution < 1.29 is 14.4 Å². The maximum atomic E-state index is 12.9. The van der Waals surface area contributed by atoms with Crippen molar-refractivity contribution in [3.05, 3.63) is 60.4 Å². The van der Waals surface area contributed by atoms with Crippen LogP contribution in [0.5, 0.6) is 0 Å². The highest BCUT2D eigenvalue weighted by Crippen LogP contribution is 2.41. The van der Waals surface area contributed by atoms with Crippen LogP contribution < -0.4 is 4.90 Å². The molecule has 31 heavy (non-hydrogen) atoms. The highest BCUT2D eigenvalue weighted by atomic mass is 16.5. The number of rotatable bonds is 3. The molecule has 160 valence electrons. The van der Waals surface area contributed by atoms with Gasteiger partial charge < -0.3 is 19.4 Å². The number of piperidine rings is 2. The van der Waals surface area contributed by atoms with Gasteiger partial charge in [0.05, 0.1) is 11.7 Å². The van der Waals surface area contributed by atoms with E-state index in [9.17, 15) is 9.90 Å². The molecule has 1 atom stereocenters. The minimum Gasteiger partial charge on any atom is -0.391 e. The zero-order valence-electron chi connectivity index (χ0n) is 17.2.